The van der Waals surface area contributed by atoms with Crippen LogP contribution in [0.15, 0.2) is 12.7 Å². The zero-order valence-corrected chi connectivity index (χ0v) is 9.80. The Kier molecular flexibility index (Phi) is 3.38. The molecule has 0 aromatic rings. The van der Waals surface area contributed by atoms with Crippen LogP contribution in [0.25, 0.3) is 0 Å². The van der Waals surface area contributed by atoms with Crippen molar-refractivity contribution in [3.63, 3.8) is 0 Å². The summed E-state index contributed by atoms with van der Waals surface area (Å²) in [5.41, 5.74) is 0.119. The average Bonchev–Trinajstić information content (AvgIpc) is 2.10. The highest BCUT2D eigenvalue weighted by atomic mass is 16.7. The van der Waals surface area contributed by atoms with Crippen LogP contribution in [0.2, 0.25) is 0 Å². The molecule has 82 valence electrons. The quantitative estimate of drug-likeness (QED) is 0.649. The zero-order chi connectivity index (χ0) is 10.8. The molecule has 1 fully saturated rings. The first-order valence-corrected chi connectivity index (χ1v) is 5.32. The van der Waals surface area contributed by atoms with Gasteiger partial charge in [0.25, 0.3) is 0 Å². The van der Waals surface area contributed by atoms with Crippen LogP contribution < -0.4 is 0 Å². The molecule has 0 spiro atoms. The summed E-state index contributed by atoms with van der Waals surface area (Å²) in [5, 5.41) is 0. The lowest BCUT2D eigenvalue weighted by molar-refractivity contribution is -0.318. The maximum Gasteiger partial charge on any atom is 0.166 e. The van der Waals surface area contributed by atoms with Gasteiger partial charge in [-0.3, -0.25) is 0 Å². The van der Waals surface area contributed by atoms with Crippen molar-refractivity contribution >= 4 is 0 Å². The molecule has 2 nitrogen and oxygen atoms in total. The van der Waals surface area contributed by atoms with E-state index in [0.29, 0.717) is 0 Å². The van der Waals surface area contributed by atoms with Gasteiger partial charge in [0, 0.05) is 11.8 Å². The molecule has 1 saturated heterocycles. The normalized spacial score (nSPS) is 36.7. The maximum atomic E-state index is 5.92. The summed E-state index contributed by atoms with van der Waals surface area (Å²) in [7, 11) is 0. The Morgan fingerprint density at radius 3 is 2.57 bits per heavy atom. The Morgan fingerprint density at radius 1 is 1.43 bits per heavy atom. The van der Waals surface area contributed by atoms with Crippen molar-refractivity contribution in [3.05, 3.63) is 12.7 Å². The first-order valence-electron chi connectivity index (χ1n) is 5.32. The molecular weight excluding hydrogens is 176 g/mol. The molecule has 0 unspecified atom stereocenters. The van der Waals surface area contributed by atoms with Gasteiger partial charge < -0.3 is 9.47 Å². The number of hydrogen-bond donors (Lipinski definition) is 0. The average molecular weight is 198 g/mol. The largest absolute Gasteiger partial charge is 0.350 e. The third kappa shape index (κ3) is 2.58. The maximum absolute atomic E-state index is 5.92. The van der Waals surface area contributed by atoms with E-state index in [1.165, 1.54) is 0 Å². The van der Waals surface area contributed by atoms with Crippen LogP contribution >= 0.6 is 0 Å². The van der Waals surface area contributed by atoms with E-state index in [0.717, 1.165) is 19.4 Å². The standard InChI is InChI=1S/C12H22O2/c1-6-7-8-12(5)13-9-11(3,4)10(2)14-12/h6,10H,1,7-9H2,2-5H3/t10-,12+/m1/s1. The van der Waals surface area contributed by atoms with Crippen LogP contribution in [-0.2, 0) is 9.47 Å². The van der Waals surface area contributed by atoms with Crippen molar-refractivity contribution in [2.24, 2.45) is 5.41 Å². The van der Waals surface area contributed by atoms with Crippen LogP contribution in [0.1, 0.15) is 40.5 Å². The molecule has 0 bridgehead atoms. The molecule has 2 atom stereocenters. The van der Waals surface area contributed by atoms with Crippen molar-refractivity contribution in [2.45, 2.75) is 52.4 Å². The van der Waals surface area contributed by atoms with Gasteiger partial charge >= 0.3 is 0 Å². The summed E-state index contributed by atoms with van der Waals surface area (Å²) in [4.78, 5) is 0. The van der Waals surface area contributed by atoms with Crippen LogP contribution in [0.4, 0.5) is 0 Å². The van der Waals surface area contributed by atoms with Crippen LogP contribution in [-0.4, -0.2) is 18.5 Å². The number of allylic oxidation sites excluding steroid dienone is 1. The van der Waals surface area contributed by atoms with Gasteiger partial charge in [-0.05, 0) is 20.3 Å². The first-order chi connectivity index (χ1) is 6.40. The topological polar surface area (TPSA) is 18.5 Å². The second-order valence-corrected chi connectivity index (χ2v) is 5.00. The van der Waals surface area contributed by atoms with Gasteiger partial charge in [-0.2, -0.15) is 0 Å². The molecule has 0 N–H and O–H groups in total. The minimum atomic E-state index is -0.414. The Balaban J connectivity index is 2.56. The summed E-state index contributed by atoms with van der Waals surface area (Å²) in [5.74, 6) is -0.414. The molecule has 0 aliphatic carbocycles. The van der Waals surface area contributed by atoms with Gasteiger partial charge in [-0.25, -0.2) is 0 Å². The summed E-state index contributed by atoms with van der Waals surface area (Å²) in [6.45, 7) is 13.0. The molecule has 0 radical (unpaired) electrons. The molecule has 2 heteroatoms. The molecule has 14 heavy (non-hydrogen) atoms. The Hall–Kier alpha value is -0.340. The van der Waals surface area contributed by atoms with Crippen molar-refractivity contribution in [3.8, 4) is 0 Å². The summed E-state index contributed by atoms with van der Waals surface area (Å²) in [6, 6.07) is 0. The molecule has 1 rings (SSSR count). The zero-order valence-electron chi connectivity index (χ0n) is 9.80. The van der Waals surface area contributed by atoms with E-state index in [1.807, 2.05) is 13.0 Å². The van der Waals surface area contributed by atoms with E-state index < -0.39 is 5.79 Å². The summed E-state index contributed by atoms with van der Waals surface area (Å²) in [6.07, 6.45) is 3.97. The van der Waals surface area contributed by atoms with Gasteiger partial charge in [0.15, 0.2) is 5.79 Å². The van der Waals surface area contributed by atoms with Gasteiger partial charge in [0.05, 0.1) is 12.7 Å². The third-order valence-electron chi connectivity index (χ3n) is 3.08. The second-order valence-electron chi connectivity index (χ2n) is 5.00. The Bertz CT molecular complexity index is 210. The van der Waals surface area contributed by atoms with E-state index in [-0.39, 0.29) is 11.5 Å². The summed E-state index contributed by atoms with van der Waals surface area (Å²) >= 11 is 0. The fourth-order valence-corrected chi connectivity index (χ4v) is 1.52. The van der Waals surface area contributed by atoms with Crippen molar-refractivity contribution in [1.82, 2.24) is 0 Å². The number of ether oxygens (including phenoxy) is 2. The lowest BCUT2D eigenvalue weighted by Crippen LogP contribution is -2.50. The lowest BCUT2D eigenvalue weighted by Gasteiger charge is -2.46. The highest BCUT2D eigenvalue weighted by molar-refractivity contribution is 4.84. The SMILES string of the molecule is C=CCC[C@@]1(C)OCC(C)(C)[C@@H](C)O1. The predicted molar refractivity (Wildman–Crippen MR) is 58.1 cm³/mol. The highest BCUT2D eigenvalue weighted by Gasteiger charge is 2.41. The number of hydrogen-bond acceptors (Lipinski definition) is 2. The fraction of sp³-hybridized carbons (Fsp3) is 0.833. The minimum Gasteiger partial charge on any atom is -0.350 e. The molecule has 1 heterocycles. The van der Waals surface area contributed by atoms with Crippen LogP contribution in [0.5, 0.6) is 0 Å². The van der Waals surface area contributed by atoms with Crippen LogP contribution in [0, 0.1) is 5.41 Å². The number of rotatable bonds is 3. The monoisotopic (exact) mass is 198 g/mol. The smallest absolute Gasteiger partial charge is 0.166 e. The van der Waals surface area contributed by atoms with Crippen LogP contribution in [0.3, 0.4) is 0 Å². The fourth-order valence-electron chi connectivity index (χ4n) is 1.52. The summed E-state index contributed by atoms with van der Waals surface area (Å²) < 4.78 is 11.7. The first kappa shape index (κ1) is 11.7. The van der Waals surface area contributed by atoms with Gasteiger partial charge in [0.2, 0.25) is 0 Å². The van der Waals surface area contributed by atoms with Gasteiger partial charge in [-0.1, -0.05) is 19.9 Å². The predicted octanol–water partition coefficient (Wildman–Crippen LogP) is 3.13. The van der Waals surface area contributed by atoms with Crippen molar-refractivity contribution in [1.29, 1.82) is 0 Å². The molecule has 1 aliphatic rings. The van der Waals surface area contributed by atoms with E-state index in [4.69, 9.17) is 9.47 Å². The molecule has 0 aromatic heterocycles. The molecular formula is C12H22O2. The Morgan fingerprint density at radius 2 is 2.07 bits per heavy atom. The van der Waals surface area contributed by atoms with Crippen molar-refractivity contribution in [2.75, 3.05) is 6.61 Å². The second kappa shape index (κ2) is 4.03. The van der Waals surface area contributed by atoms with Crippen molar-refractivity contribution < 1.29 is 9.47 Å². The highest BCUT2D eigenvalue weighted by Crippen LogP contribution is 2.36. The Labute approximate surface area is 87.3 Å². The molecule has 1 aliphatic heterocycles. The lowest BCUT2D eigenvalue weighted by atomic mass is 9.87. The van der Waals surface area contributed by atoms with Gasteiger partial charge in [0.1, 0.15) is 0 Å². The van der Waals surface area contributed by atoms with E-state index in [1.54, 1.807) is 0 Å². The van der Waals surface area contributed by atoms with E-state index in [9.17, 15) is 0 Å². The molecule has 0 saturated carbocycles. The third-order valence-corrected chi connectivity index (χ3v) is 3.08. The molecule has 0 amide bonds. The van der Waals surface area contributed by atoms with E-state index in [2.05, 4.69) is 27.4 Å². The minimum absolute atomic E-state index is 0.119. The van der Waals surface area contributed by atoms with E-state index >= 15 is 0 Å². The molecule has 0 aromatic carbocycles. The van der Waals surface area contributed by atoms with Gasteiger partial charge in [-0.15, -0.1) is 6.58 Å².